The third-order valence-corrected chi connectivity index (χ3v) is 4.66. The standard InChI is InChI=1S/C15H13NO4S/c1-11(15(17)12-7-3-2-4-8-12)21(20)14-10-6-5-9-13(14)16(18)19/h2-11H,1H3. The highest BCUT2D eigenvalue weighted by Crippen LogP contribution is 2.24. The fourth-order valence-corrected chi connectivity index (χ4v) is 3.18. The van der Waals surface area contributed by atoms with E-state index in [0.29, 0.717) is 5.56 Å². The Kier molecular flexibility index (Phi) is 4.59. The Morgan fingerprint density at radius 2 is 1.67 bits per heavy atom. The van der Waals surface area contributed by atoms with Gasteiger partial charge in [0.25, 0.3) is 5.69 Å². The number of nitro groups is 1. The molecule has 0 aliphatic heterocycles. The van der Waals surface area contributed by atoms with Crippen LogP contribution in [-0.4, -0.2) is 20.2 Å². The number of carbonyl (C=O) groups is 1. The number of para-hydroxylation sites is 1. The van der Waals surface area contributed by atoms with E-state index in [4.69, 9.17) is 0 Å². The van der Waals surface area contributed by atoms with E-state index in [1.165, 1.54) is 25.1 Å². The third-order valence-electron chi connectivity index (χ3n) is 3.03. The lowest BCUT2D eigenvalue weighted by atomic mass is 10.1. The summed E-state index contributed by atoms with van der Waals surface area (Å²) < 4.78 is 12.5. The Morgan fingerprint density at radius 3 is 2.29 bits per heavy atom. The van der Waals surface area contributed by atoms with Gasteiger partial charge in [-0.05, 0) is 13.0 Å². The second kappa shape index (κ2) is 6.41. The van der Waals surface area contributed by atoms with E-state index in [0.717, 1.165) is 0 Å². The monoisotopic (exact) mass is 303 g/mol. The molecule has 0 saturated heterocycles. The average molecular weight is 303 g/mol. The van der Waals surface area contributed by atoms with E-state index < -0.39 is 21.0 Å². The van der Waals surface area contributed by atoms with Gasteiger partial charge in [0.05, 0.1) is 15.7 Å². The van der Waals surface area contributed by atoms with Crippen molar-refractivity contribution >= 4 is 22.3 Å². The average Bonchev–Trinajstić information content (AvgIpc) is 2.53. The van der Waals surface area contributed by atoms with Gasteiger partial charge >= 0.3 is 0 Å². The summed E-state index contributed by atoms with van der Waals surface area (Å²) in [4.78, 5) is 22.7. The zero-order chi connectivity index (χ0) is 15.4. The minimum absolute atomic E-state index is 0.0688. The molecule has 0 aromatic heterocycles. The number of hydrogen-bond acceptors (Lipinski definition) is 4. The number of hydrogen-bond donors (Lipinski definition) is 0. The van der Waals surface area contributed by atoms with Gasteiger partial charge in [0.1, 0.15) is 10.1 Å². The van der Waals surface area contributed by atoms with Crippen LogP contribution in [0.1, 0.15) is 17.3 Å². The van der Waals surface area contributed by atoms with E-state index in [-0.39, 0.29) is 16.4 Å². The van der Waals surface area contributed by atoms with Crippen molar-refractivity contribution in [3.63, 3.8) is 0 Å². The van der Waals surface area contributed by atoms with Crippen LogP contribution in [0, 0.1) is 10.1 Å². The van der Waals surface area contributed by atoms with Crippen LogP contribution in [0.4, 0.5) is 5.69 Å². The summed E-state index contributed by atoms with van der Waals surface area (Å²) in [7, 11) is -1.78. The molecule has 0 aliphatic carbocycles. The molecule has 2 unspecified atom stereocenters. The zero-order valence-electron chi connectivity index (χ0n) is 11.3. The van der Waals surface area contributed by atoms with Crippen LogP contribution >= 0.6 is 0 Å². The smallest absolute Gasteiger partial charge is 0.285 e. The normalized spacial score (nSPS) is 13.4. The van der Waals surface area contributed by atoms with E-state index in [2.05, 4.69) is 0 Å². The SMILES string of the molecule is CC(C(=O)c1ccccc1)S(=O)c1ccccc1[N+](=O)[O-]. The molecule has 21 heavy (non-hydrogen) atoms. The Morgan fingerprint density at radius 1 is 1.10 bits per heavy atom. The Hall–Kier alpha value is -2.34. The van der Waals surface area contributed by atoms with Crippen LogP contribution < -0.4 is 0 Å². The number of rotatable bonds is 5. The maximum absolute atomic E-state index is 12.5. The summed E-state index contributed by atoms with van der Waals surface area (Å²) in [5.74, 6) is -0.299. The van der Waals surface area contributed by atoms with Crippen molar-refractivity contribution in [3.8, 4) is 0 Å². The summed E-state index contributed by atoms with van der Waals surface area (Å²) in [6, 6.07) is 14.3. The second-order valence-corrected chi connectivity index (χ2v) is 6.14. The minimum atomic E-state index is -1.78. The molecule has 0 saturated carbocycles. The zero-order valence-corrected chi connectivity index (χ0v) is 12.1. The molecule has 2 atom stereocenters. The first kappa shape index (κ1) is 15.1. The van der Waals surface area contributed by atoms with Crippen molar-refractivity contribution in [3.05, 3.63) is 70.3 Å². The van der Waals surface area contributed by atoms with Crippen LogP contribution in [0.25, 0.3) is 0 Å². The third kappa shape index (κ3) is 3.22. The molecule has 5 nitrogen and oxygen atoms in total. The quantitative estimate of drug-likeness (QED) is 0.483. The van der Waals surface area contributed by atoms with Crippen molar-refractivity contribution in [2.24, 2.45) is 0 Å². The van der Waals surface area contributed by atoms with Crippen LogP contribution in [-0.2, 0) is 10.8 Å². The maximum atomic E-state index is 12.5. The van der Waals surface area contributed by atoms with E-state index in [1.54, 1.807) is 36.4 Å². The highest BCUT2D eigenvalue weighted by atomic mass is 32.2. The van der Waals surface area contributed by atoms with Gasteiger partial charge in [0.2, 0.25) is 0 Å². The number of nitrogens with zero attached hydrogens (tertiary/aromatic N) is 1. The highest BCUT2D eigenvalue weighted by molar-refractivity contribution is 7.86. The predicted molar refractivity (Wildman–Crippen MR) is 79.7 cm³/mol. The second-order valence-electron chi connectivity index (χ2n) is 4.39. The Labute approximate surface area is 124 Å². The predicted octanol–water partition coefficient (Wildman–Crippen LogP) is 2.97. The lowest BCUT2D eigenvalue weighted by molar-refractivity contribution is -0.387. The molecule has 0 N–H and O–H groups in total. The first-order valence-electron chi connectivity index (χ1n) is 6.25. The molecule has 0 radical (unpaired) electrons. The summed E-state index contributed by atoms with van der Waals surface area (Å²) >= 11 is 0. The van der Waals surface area contributed by atoms with E-state index >= 15 is 0 Å². The summed E-state index contributed by atoms with van der Waals surface area (Å²) in [6.07, 6.45) is 0. The molecular formula is C15H13NO4S. The van der Waals surface area contributed by atoms with Crippen molar-refractivity contribution in [1.82, 2.24) is 0 Å². The number of nitro benzene ring substituents is 1. The van der Waals surface area contributed by atoms with Gasteiger partial charge in [-0.2, -0.15) is 0 Å². The molecule has 0 bridgehead atoms. The van der Waals surface area contributed by atoms with Gasteiger partial charge in [0, 0.05) is 11.6 Å². The number of ketones is 1. The molecule has 0 heterocycles. The lowest BCUT2D eigenvalue weighted by Crippen LogP contribution is -2.23. The molecule has 2 rings (SSSR count). The molecule has 6 heteroatoms. The number of Topliss-reactive ketones (excluding diaryl/α,β-unsaturated/α-hetero) is 1. The molecule has 2 aromatic carbocycles. The fourth-order valence-electron chi connectivity index (χ4n) is 1.90. The minimum Gasteiger partial charge on any atom is -0.293 e. The molecule has 0 aliphatic rings. The van der Waals surface area contributed by atoms with Gasteiger partial charge < -0.3 is 0 Å². The van der Waals surface area contributed by atoms with Crippen molar-refractivity contribution in [2.45, 2.75) is 17.1 Å². The van der Waals surface area contributed by atoms with E-state index in [9.17, 15) is 19.1 Å². The number of carbonyl (C=O) groups excluding carboxylic acids is 1. The molecular weight excluding hydrogens is 290 g/mol. The molecule has 0 amide bonds. The van der Waals surface area contributed by atoms with Gasteiger partial charge in [-0.25, -0.2) is 0 Å². The Balaban J connectivity index is 2.32. The lowest BCUT2D eigenvalue weighted by Gasteiger charge is -2.10. The Bertz CT molecular complexity index is 700. The first-order valence-corrected chi connectivity index (χ1v) is 7.47. The molecule has 0 fully saturated rings. The summed E-state index contributed by atoms with van der Waals surface area (Å²) in [5, 5.41) is 10.1. The maximum Gasteiger partial charge on any atom is 0.285 e. The number of benzene rings is 2. The van der Waals surface area contributed by atoms with Crippen molar-refractivity contribution in [2.75, 3.05) is 0 Å². The largest absolute Gasteiger partial charge is 0.293 e. The summed E-state index contributed by atoms with van der Waals surface area (Å²) in [5.41, 5.74) is 0.209. The molecule has 2 aromatic rings. The van der Waals surface area contributed by atoms with Crippen LogP contribution in [0.5, 0.6) is 0 Å². The highest BCUT2D eigenvalue weighted by Gasteiger charge is 2.27. The summed E-state index contributed by atoms with van der Waals surface area (Å²) in [6.45, 7) is 1.52. The van der Waals surface area contributed by atoms with Crippen molar-refractivity contribution in [1.29, 1.82) is 0 Å². The van der Waals surface area contributed by atoms with Crippen LogP contribution in [0.2, 0.25) is 0 Å². The molecule has 108 valence electrons. The van der Waals surface area contributed by atoms with Crippen LogP contribution in [0.3, 0.4) is 0 Å². The van der Waals surface area contributed by atoms with Gasteiger partial charge in [-0.15, -0.1) is 0 Å². The fraction of sp³-hybridized carbons (Fsp3) is 0.133. The van der Waals surface area contributed by atoms with Crippen LogP contribution in [0.15, 0.2) is 59.5 Å². The van der Waals surface area contributed by atoms with Gasteiger partial charge in [-0.3, -0.25) is 19.1 Å². The molecule has 0 spiro atoms. The topological polar surface area (TPSA) is 77.3 Å². The van der Waals surface area contributed by atoms with Crippen molar-refractivity contribution < 1.29 is 13.9 Å². The van der Waals surface area contributed by atoms with Gasteiger partial charge in [0.15, 0.2) is 5.78 Å². The first-order chi connectivity index (χ1) is 10.0. The van der Waals surface area contributed by atoms with Gasteiger partial charge in [-0.1, -0.05) is 42.5 Å². The van der Waals surface area contributed by atoms with E-state index in [1.807, 2.05) is 0 Å².